The number of hydrogen-bond acceptors (Lipinski definition) is 8. The van der Waals surface area contributed by atoms with E-state index in [2.05, 4.69) is 30.4 Å². The standard InChI is InChI=1S/C34H34FN9O2/c1-43(2)20-30(45)37-24-15-22(18-36-19-24)27-8-9-29-32(38-27)33(42-41-29)34-39-28-7-5-6-26(31(28)40-34)21-14-23(35)17-25(16-21)46-13-12-44-10-3-4-11-44/h5-9,14-19H,3-4,10-13,20H2,1-2H3,(H,37,45)(H,39,40)(H,41,42). The molecule has 0 atom stereocenters. The Kier molecular flexibility index (Phi) is 8.12. The lowest BCUT2D eigenvalue weighted by Gasteiger charge is -2.15. The van der Waals surface area contributed by atoms with Crippen molar-refractivity contribution in [2.45, 2.75) is 12.8 Å². The summed E-state index contributed by atoms with van der Waals surface area (Å²) in [7, 11) is 3.67. The van der Waals surface area contributed by atoms with Gasteiger partial charge in [0.2, 0.25) is 5.91 Å². The lowest BCUT2D eigenvalue weighted by atomic mass is 10.0. The van der Waals surface area contributed by atoms with E-state index in [4.69, 9.17) is 14.7 Å². The molecule has 0 unspecified atom stereocenters. The Balaban J connectivity index is 1.18. The van der Waals surface area contributed by atoms with E-state index in [1.165, 1.54) is 25.0 Å². The van der Waals surface area contributed by atoms with Gasteiger partial charge in [0.15, 0.2) is 11.5 Å². The Morgan fingerprint density at radius 1 is 1.00 bits per heavy atom. The van der Waals surface area contributed by atoms with Crippen LogP contribution in [0.4, 0.5) is 10.1 Å². The van der Waals surface area contributed by atoms with Gasteiger partial charge in [-0.3, -0.25) is 19.8 Å². The van der Waals surface area contributed by atoms with Crippen LogP contribution in [0.3, 0.4) is 0 Å². The molecule has 1 aliphatic rings. The number of imidazole rings is 1. The number of aromatic amines is 2. The number of benzene rings is 2. The molecule has 12 heteroatoms. The van der Waals surface area contributed by atoms with E-state index in [0.29, 0.717) is 51.9 Å². The molecule has 46 heavy (non-hydrogen) atoms. The molecule has 3 N–H and O–H groups in total. The largest absolute Gasteiger partial charge is 0.492 e. The van der Waals surface area contributed by atoms with Gasteiger partial charge in [0, 0.05) is 29.9 Å². The van der Waals surface area contributed by atoms with Crippen molar-refractivity contribution >= 4 is 33.7 Å². The van der Waals surface area contributed by atoms with Gasteiger partial charge in [-0.25, -0.2) is 14.4 Å². The van der Waals surface area contributed by atoms with Crippen molar-refractivity contribution in [3.63, 3.8) is 0 Å². The summed E-state index contributed by atoms with van der Waals surface area (Å²) in [5.41, 5.74) is 6.83. The zero-order valence-electron chi connectivity index (χ0n) is 25.7. The summed E-state index contributed by atoms with van der Waals surface area (Å²) in [4.78, 5) is 33.9. The molecular formula is C34H34FN9O2. The molecule has 11 nitrogen and oxygen atoms in total. The molecule has 234 valence electrons. The summed E-state index contributed by atoms with van der Waals surface area (Å²) in [6.45, 7) is 3.77. The van der Waals surface area contributed by atoms with Gasteiger partial charge in [-0.15, -0.1) is 0 Å². The van der Waals surface area contributed by atoms with Crippen molar-refractivity contribution in [2.75, 3.05) is 52.2 Å². The first-order valence-electron chi connectivity index (χ1n) is 15.3. The fourth-order valence-electron chi connectivity index (χ4n) is 5.84. The van der Waals surface area contributed by atoms with Gasteiger partial charge in [0.1, 0.15) is 23.7 Å². The number of nitrogens with zero attached hydrogens (tertiary/aromatic N) is 6. The van der Waals surface area contributed by atoms with Gasteiger partial charge >= 0.3 is 0 Å². The molecular weight excluding hydrogens is 585 g/mol. The number of fused-ring (bicyclic) bond motifs is 2. The van der Waals surface area contributed by atoms with E-state index in [1.54, 1.807) is 17.3 Å². The number of nitrogens with one attached hydrogen (secondary N) is 3. The van der Waals surface area contributed by atoms with E-state index in [9.17, 15) is 9.18 Å². The number of ether oxygens (including phenoxy) is 1. The number of likely N-dealkylation sites (N-methyl/N-ethyl adjacent to an activating group) is 1. The van der Waals surface area contributed by atoms with Crippen molar-refractivity contribution in [1.82, 2.24) is 39.9 Å². The van der Waals surface area contributed by atoms with Crippen molar-refractivity contribution < 1.29 is 13.9 Å². The summed E-state index contributed by atoms with van der Waals surface area (Å²) in [6, 6.07) is 16.2. The molecule has 1 saturated heterocycles. The van der Waals surface area contributed by atoms with Crippen molar-refractivity contribution in [1.29, 1.82) is 0 Å². The van der Waals surface area contributed by atoms with Gasteiger partial charge < -0.3 is 19.9 Å². The van der Waals surface area contributed by atoms with E-state index in [-0.39, 0.29) is 18.3 Å². The number of likely N-dealkylation sites (tertiary alicyclic amines) is 1. The Bertz CT molecular complexity index is 2030. The third kappa shape index (κ3) is 6.30. The molecule has 0 spiro atoms. The van der Waals surface area contributed by atoms with Crippen LogP contribution in [0.15, 0.2) is 67.0 Å². The zero-order valence-corrected chi connectivity index (χ0v) is 25.7. The monoisotopic (exact) mass is 619 g/mol. The number of hydrogen-bond donors (Lipinski definition) is 3. The predicted octanol–water partition coefficient (Wildman–Crippen LogP) is 5.34. The second kappa shape index (κ2) is 12.7. The quantitative estimate of drug-likeness (QED) is 0.187. The van der Waals surface area contributed by atoms with E-state index in [0.717, 1.165) is 41.8 Å². The van der Waals surface area contributed by atoms with Crippen LogP contribution in [-0.4, -0.2) is 92.7 Å². The molecule has 5 heterocycles. The second-order valence-electron chi connectivity index (χ2n) is 11.8. The third-order valence-electron chi connectivity index (χ3n) is 7.98. The average molecular weight is 620 g/mol. The smallest absolute Gasteiger partial charge is 0.238 e. The number of carbonyl (C=O) groups excluding carboxylic acids is 1. The Morgan fingerprint density at radius 2 is 1.87 bits per heavy atom. The minimum Gasteiger partial charge on any atom is -0.492 e. The van der Waals surface area contributed by atoms with Crippen LogP contribution in [0.1, 0.15) is 12.8 Å². The van der Waals surface area contributed by atoms with Gasteiger partial charge in [0.25, 0.3) is 0 Å². The van der Waals surface area contributed by atoms with Crippen molar-refractivity contribution in [2.24, 2.45) is 0 Å². The number of rotatable bonds is 10. The lowest BCUT2D eigenvalue weighted by Crippen LogP contribution is -2.27. The summed E-state index contributed by atoms with van der Waals surface area (Å²) in [5.74, 6) is 0.521. The normalized spacial score (nSPS) is 13.7. The van der Waals surface area contributed by atoms with Gasteiger partial charge in [0.05, 0.1) is 40.7 Å². The molecule has 4 aromatic heterocycles. The van der Waals surface area contributed by atoms with Crippen LogP contribution in [0.2, 0.25) is 0 Å². The number of halogens is 1. The van der Waals surface area contributed by atoms with Crippen molar-refractivity contribution in [3.05, 3.63) is 72.8 Å². The lowest BCUT2D eigenvalue weighted by molar-refractivity contribution is -0.116. The number of pyridine rings is 2. The Morgan fingerprint density at radius 3 is 2.72 bits per heavy atom. The maximum absolute atomic E-state index is 14.8. The topological polar surface area (TPSA) is 128 Å². The number of para-hydroxylation sites is 1. The van der Waals surface area contributed by atoms with Gasteiger partial charge in [-0.05, 0) is 82.0 Å². The van der Waals surface area contributed by atoms with Crippen LogP contribution in [0.5, 0.6) is 5.75 Å². The highest BCUT2D eigenvalue weighted by molar-refractivity contribution is 5.97. The van der Waals surface area contributed by atoms with Gasteiger partial charge in [-0.1, -0.05) is 12.1 Å². The first-order chi connectivity index (χ1) is 22.4. The SMILES string of the molecule is CN(C)CC(=O)Nc1cncc(-c2ccc3[nH]nc(-c4nc5c(-c6cc(F)cc(OCCN7CCCC7)c6)cccc5[nH]4)c3n2)c1. The van der Waals surface area contributed by atoms with Crippen LogP contribution in [-0.2, 0) is 4.79 Å². The number of H-pyrrole nitrogens is 2. The minimum absolute atomic E-state index is 0.131. The molecule has 6 aromatic rings. The number of amides is 1. The Hall–Kier alpha value is -5.20. The minimum atomic E-state index is -0.368. The fraction of sp³-hybridized carbons (Fsp3) is 0.265. The van der Waals surface area contributed by atoms with Crippen LogP contribution < -0.4 is 10.1 Å². The molecule has 7 rings (SSSR count). The first-order valence-corrected chi connectivity index (χ1v) is 15.3. The summed E-state index contributed by atoms with van der Waals surface area (Å²) < 4.78 is 20.8. The first kappa shape index (κ1) is 29.5. The molecule has 2 aromatic carbocycles. The highest BCUT2D eigenvalue weighted by Gasteiger charge is 2.18. The third-order valence-corrected chi connectivity index (χ3v) is 7.98. The number of carbonyl (C=O) groups is 1. The molecule has 0 saturated carbocycles. The highest BCUT2D eigenvalue weighted by atomic mass is 19.1. The number of anilines is 1. The molecule has 0 radical (unpaired) electrons. The molecule has 0 aliphatic carbocycles. The predicted molar refractivity (Wildman–Crippen MR) is 176 cm³/mol. The molecule has 1 aliphatic heterocycles. The highest BCUT2D eigenvalue weighted by Crippen LogP contribution is 2.34. The molecule has 0 bridgehead atoms. The maximum Gasteiger partial charge on any atom is 0.238 e. The van der Waals surface area contributed by atoms with Crippen LogP contribution >= 0.6 is 0 Å². The van der Waals surface area contributed by atoms with Crippen LogP contribution in [0, 0.1) is 5.82 Å². The summed E-state index contributed by atoms with van der Waals surface area (Å²) in [6.07, 6.45) is 5.74. The second-order valence-corrected chi connectivity index (χ2v) is 11.8. The summed E-state index contributed by atoms with van der Waals surface area (Å²) in [5, 5.41) is 10.5. The van der Waals surface area contributed by atoms with E-state index in [1.807, 2.05) is 56.6 Å². The molecule has 1 amide bonds. The van der Waals surface area contributed by atoms with E-state index < -0.39 is 0 Å². The maximum atomic E-state index is 14.8. The Labute approximate surface area is 264 Å². The van der Waals surface area contributed by atoms with Crippen molar-refractivity contribution in [3.8, 4) is 39.7 Å². The average Bonchev–Trinajstić information content (AvgIpc) is 3.80. The van der Waals surface area contributed by atoms with E-state index >= 15 is 0 Å². The fourth-order valence-corrected chi connectivity index (χ4v) is 5.84. The van der Waals surface area contributed by atoms with Gasteiger partial charge in [-0.2, -0.15) is 5.10 Å². The molecule has 1 fully saturated rings. The summed E-state index contributed by atoms with van der Waals surface area (Å²) >= 11 is 0. The van der Waals surface area contributed by atoms with Crippen LogP contribution in [0.25, 0.3) is 56.0 Å². The zero-order chi connectivity index (χ0) is 31.6. The number of aromatic nitrogens is 6.